The molecule has 2 aromatic carbocycles. The van der Waals surface area contributed by atoms with Gasteiger partial charge in [0.1, 0.15) is 10.5 Å². The molecule has 0 spiro atoms. The zero-order chi connectivity index (χ0) is 24.3. The number of amides is 1. The van der Waals surface area contributed by atoms with Gasteiger partial charge in [0.05, 0.1) is 18.1 Å². The van der Waals surface area contributed by atoms with Crippen molar-refractivity contribution in [3.63, 3.8) is 0 Å². The molecule has 4 rings (SSSR count). The maximum atomic E-state index is 14.4. The van der Waals surface area contributed by atoms with E-state index in [2.05, 4.69) is 16.5 Å². The number of nitrogens with one attached hydrogen (secondary N) is 1. The third-order valence-corrected chi connectivity index (χ3v) is 7.95. The molecule has 13 heteroatoms. The molecule has 1 saturated heterocycles. The first-order valence-corrected chi connectivity index (χ1v) is 12.9. The van der Waals surface area contributed by atoms with E-state index in [1.54, 1.807) is 0 Å². The lowest BCUT2D eigenvalue weighted by molar-refractivity contribution is -0.123. The number of thiazole rings is 1. The number of benzene rings is 2. The van der Waals surface area contributed by atoms with E-state index in [0.29, 0.717) is 18.8 Å². The lowest BCUT2D eigenvalue weighted by Gasteiger charge is -2.26. The molecule has 1 N–H and O–H groups in total. The average Bonchev–Trinajstić information content (AvgIpc) is 3.23. The van der Waals surface area contributed by atoms with E-state index in [1.165, 1.54) is 40.7 Å². The summed E-state index contributed by atoms with van der Waals surface area (Å²) in [6, 6.07) is 9.38. The fourth-order valence-electron chi connectivity index (χ4n) is 3.17. The number of hydrogen-bond acceptors (Lipinski definition) is 7. The van der Waals surface area contributed by atoms with Crippen molar-refractivity contribution in [1.29, 1.82) is 0 Å². The molecular weight excluding hydrogens is 528 g/mol. The molecule has 34 heavy (non-hydrogen) atoms. The van der Waals surface area contributed by atoms with Gasteiger partial charge in [-0.2, -0.15) is 4.31 Å². The number of morpholine rings is 1. The molecule has 1 unspecified atom stereocenters. The summed E-state index contributed by atoms with van der Waals surface area (Å²) in [5.41, 5.74) is 0.291. The van der Waals surface area contributed by atoms with E-state index in [-0.39, 0.29) is 38.2 Å². The third kappa shape index (κ3) is 5.68. The number of nitrogens with zero attached hydrogens (tertiary/aromatic N) is 2. The van der Waals surface area contributed by atoms with Crippen molar-refractivity contribution in [3.8, 4) is 5.75 Å². The topological polar surface area (TPSA) is 97.8 Å². The van der Waals surface area contributed by atoms with Crippen LogP contribution in [0.15, 0.2) is 47.4 Å². The molecule has 179 valence electrons. The minimum absolute atomic E-state index is 0.0521. The van der Waals surface area contributed by atoms with Crippen molar-refractivity contribution in [3.05, 3.63) is 69.4 Å². The standard InChI is InChI=1S/C21H17Cl2FN3O5S2/c22-14-3-6-17(16(24)11-14)32-19(20(28)26-21-25-12-18(23)33-21)13-1-4-15(5-2-13)34(29,30)27-7-9-31-10-8-27/h1-6,11,19H,7-10H2,(H,25,26,28). The van der Waals surface area contributed by atoms with Crippen LogP contribution in [0.4, 0.5) is 9.52 Å². The fraction of sp³-hybridized carbons (Fsp3) is 0.238. The summed E-state index contributed by atoms with van der Waals surface area (Å²) >= 11 is 12.6. The van der Waals surface area contributed by atoms with Crippen molar-refractivity contribution in [2.45, 2.75) is 11.0 Å². The van der Waals surface area contributed by atoms with Gasteiger partial charge in [-0.25, -0.2) is 17.8 Å². The minimum Gasteiger partial charge on any atom is -0.473 e. The second-order valence-electron chi connectivity index (χ2n) is 7.05. The Kier molecular flexibility index (Phi) is 7.70. The lowest BCUT2D eigenvalue weighted by Crippen LogP contribution is -2.40. The van der Waals surface area contributed by atoms with E-state index in [0.717, 1.165) is 17.4 Å². The van der Waals surface area contributed by atoms with Crippen LogP contribution in [0, 0.1) is 12.0 Å². The molecule has 1 amide bonds. The predicted molar refractivity (Wildman–Crippen MR) is 125 cm³/mol. The first-order chi connectivity index (χ1) is 16.2. The van der Waals surface area contributed by atoms with Gasteiger partial charge in [-0.3, -0.25) is 10.1 Å². The lowest BCUT2D eigenvalue weighted by atomic mass is 10.1. The monoisotopic (exact) mass is 544 g/mol. The Balaban J connectivity index is 1.62. The van der Waals surface area contributed by atoms with Gasteiger partial charge in [0.25, 0.3) is 5.91 Å². The zero-order valence-corrected chi connectivity index (χ0v) is 20.5. The highest BCUT2D eigenvalue weighted by atomic mass is 35.5. The van der Waals surface area contributed by atoms with Crippen LogP contribution in [0.25, 0.3) is 0 Å². The van der Waals surface area contributed by atoms with Crippen LogP contribution in [0.1, 0.15) is 11.7 Å². The van der Waals surface area contributed by atoms with E-state index in [9.17, 15) is 17.6 Å². The molecular formula is C21H17Cl2FN3O5S2. The molecule has 1 fully saturated rings. The Morgan fingerprint density at radius 3 is 2.53 bits per heavy atom. The second kappa shape index (κ2) is 10.5. The Bertz CT molecular complexity index is 1280. The number of hydrogen-bond donors (Lipinski definition) is 1. The highest BCUT2D eigenvalue weighted by Crippen LogP contribution is 2.30. The van der Waals surface area contributed by atoms with Gasteiger partial charge in [0.2, 0.25) is 16.1 Å². The number of carbonyl (C=O) groups excluding carboxylic acids is 1. The predicted octanol–water partition coefficient (Wildman–Crippen LogP) is 4.17. The number of rotatable bonds is 7. The largest absolute Gasteiger partial charge is 0.473 e. The van der Waals surface area contributed by atoms with E-state index in [4.69, 9.17) is 32.7 Å². The maximum absolute atomic E-state index is 14.4. The summed E-state index contributed by atoms with van der Waals surface area (Å²) in [5.74, 6) is -1.64. The molecule has 8 nitrogen and oxygen atoms in total. The van der Waals surface area contributed by atoms with Crippen molar-refractivity contribution in [2.75, 3.05) is 31.6 Å². The smallest absolute Gasteiger partial charge is 0.271 e. The molecule has 1 aromatic heterocycles. The normalized spacial score (nSPS) is 15.6. The Hall–Kier alpha value is -2.28. The Morgan fingerprint density at radius 2 is 1.91 bits per heavy atom. The van der Waals surface area contributed by atoms with Gasteiger partial charge >= 0.3 is 0 Å². The molecule has 2 heterocycles. The van der Waals surface area contributed by atoms with Crippen LogP contribution in [0.2, 0.25) is 9.36 Å². The van der Waals surface area contributed by atoms with Gasteiger partial charge in [0.15, 0.2) is 16.7 Å². The summed E-state index contributed by atoms with van der Waals surface area (Å²) in [6.45, 7) is 1.14. The number of aromatic nitrogens is 1. The average molecular weight is 545 g/mol. The van der Waals surface area contributed by atoms with Crippen LogP contribution < -0.4 is 10.1 Å². The van der Waals surface area contributed by atoms with Crippen molar-refractivity contribution >= 4 is 55.6 Å². The van der Waals surface area contributed by atoms with Crippen LogP contribution in [0.5, 0.6) is 5.75 Å². The highest BCUT2D eigenvalue weighted by Gasteiger charge is 2.29. The third-order valence-electron chi connectivity index (χ3n) is 4.83. The Labute approximate surface area is 209 Å². The van der Waals surface area contributed by atoms with Crippen LogP contribution >= 0.6 is 34.5 Å². The summed E-state index contributed by atoms with van der Waals surface area (Å²) in [4.78, 5) is 16.9. The molecule has 1 aliphatic heterocycles. The molecule has 1 atom stereocenters. The van der Waals surface area contributed by atoms with Crippen molar-refractivity contribution in [1.82, 2.24) is 9.29 Å². The van der Waals surface area contributed by atoms with Gasteiger partial charge < -0.3 is 9.47 Å². The molecule has 0 bridgehead atoms. The van der Waals surface area contributed by atoms with Crippen LogP contribution in [0.3, 0.4) is 0 Å². The summed E-state index contributed by atoms with van der Waals surface area (Å²) in [7, 11) is -3.73. The zero-order valence-electron chi connectivity index (χ0n) is 17.3. The first kappa shape index (κ1) is 24.8. The number of anilines is 1. The summed E-state index contributed by atoms with van der Waals surface area (Å²) < 4.78 is 52.6. The van der Waals surface area contributed by atoms with Gasteiger partial charge in [-0.05, 0) is 30.3 Å². The Morgan fingerprint density at radius 1 is 1.21 bits per heavy atom. The molecule has 0 saturated carbocycles. The van der Waals surface area contributed by atoms with Crippen molar-refractivity contribution < 1.29 is 27.1 Å². The molecule has 0 aliphatic carbocycles. The van der Waals surface area contributed by atoms with Crippen molar-refractivity contribution in [2.24, 2.45) is 0 Å². The molecule has 3 aromatic rings. The van der Waals surface area contributed by atoms with E-state index < -0.39 is 27.9 Å². The minimum atomic E-state index is -3.73. The highest BCUT2D eigenvalue weighted by molar-refractivity contribution is 7.89. The first-order valence-electron chi connectivity index (χ1n) is 9.88. The van der Waals surface area contributed by atoms with Gasteiger partial charge in [-0.1, -0.05) is 46.7 Å². The van der Waals surface area contributed by atoms with E-state index >= 15 is 0 Å². The number of ether oxygens (including phenoxy) is 2. The van der Waals surface area contributed by atoms with E-state index in [1.807, 2.05) is 0 Å². The summed E-state index contributed by atoms with van der Waals surface area (Å²) in [5, 5.41) is 2.88. The number of carbonyl (C=O) groups is 1. The van der Waals surface area contributed by atoms with Crippen LogP contribution in [-0.2, 0) is 19.6 Å². The number of halogens is 3. The second-order valence-corrected chi connectivity index (χ2v) is 11.0. The fourth-order valence-corrected chi connectivity index (χ4v) is 5.50. The SMILES string of the molecule is O=C(Nc1n[c]c(Cl)s1)C(Oc1ccc(Cl)cc1F)c1ccc(S(=O)(=O)N2CCOCC2)cc1. The van der Waals surface area contributed by atoms with Gasteiger partial charge in [0, 0.05) is 23.7 Å². The maximum Gasteiger partial charge on any atom is 0.271 e. The quantitative estimate of drug-likeness (QED) is 0.479. The summed E-state index contributed by atoms with van der Waals surface area (Å²) in [6.07, 6.45) is 1.16. The molecule has 1 aliphatic rings. The van der Waals surface area contributed by atoms with Gasteiger partial charge in [-0.15, -0.1) is 0 Å². The number of sulfonamides is 1. The molecule has 1 radical (unpaired) electrons. The van der Waals surface area contributed by atoms with Crippen LogP contribution in [-0.4, -0.2) is 49.9 Å².